The summed E-state index contributed by atoms with van der Waals surface area (Å²) in [6.45, 7) is 6.37. The van der Waals surface area contributed by atoms with Crippen molar-refractivity contribution in [2.24, 2.45) is 0 Å². The summed E-state index contributed by atoms with van der Waals surface area (Å²) in [4.78, 5) is 11.5. The first-order valence-electron chi connectivity index (χ1n) is 6.76. The van der Waals surface area contributed by atoms with Crippen LogP contribution < -0.4 is 10.5 Å². The number of imidazole rings is 1. The molecule has 0 aromatic carbocycles. The fourth-order valence-electron chi connectivity index (χ4n) is 2.67. The van der Waals surface area contributed by atoms with Gasteiger partial charge in [0, 0.05) is 15.8 Å². The maximum absolute atomic E-state index is 6.11. The molecular formula is C15H18N4OS. The van der Waals surface area contributed by atoms with Gasteiger partial charge in [0.1, 0.15) is 5.52 Å². The molecule has 3 aromatic rings. The molecule has 1 atom stereocenters. The Morgan fingerprint density at radius 2 is 2.05 bits per heavy atom. The molecule has 6 heteroatoms. The maximum Gasteiger partial charge on any atom is 0.215 e. The molecule has 3 aromatic heterocycles. The second kappa shape index (κ2) is 5.04. The summed E-state index contributed by atoms with van der Waals surface area (Å²) in [5.41, 5.74) is 8.91. The van der Waals surface area contributed by atoms with E-state index in [0.29, 0.717) is 11.8 Å². The Bertz CT molecular complexity index is 805. The minimum absolute atomic E-state index is 0.0829. The summed E-state index contributed by atoms with van der Waals surface area (Å²) in [6.07, 6.45) is 0. The molecule has 1 unspecified atom stereocenters. The van der Waals surface area contributed by atoms with Gasteiger partial charge >= 0.3 is 0 Å². The summed E-state index contributed by atoms with van der Waals surface area (Å²) in [5, 5.41) is 0. The molecular weight excluding hydrogens is 284 g/mol. The van der Waals surface area contributed by atoms with Gasteiger partial charge in [-0.05, 0) is 38.5 Å². The molecule has 3 heterocycles. The van der Waals surface area contributed by atoms with E-state index < -0.39 is 0 Å². The van der Waals surface area contributed by atoms with Crippen LogP contribution in [0.15, 0.2) is 18.2 Å². The van der Waals surface area contributed by atoms with E-state index in [4.69, 9.17) is 10.5 Å². The number of fused-ring (bicyclic) bond motifs is 1. The fourth-order valence-corrected chi connectivity index (χ4v) is 3.69. The standard InChI is InChI=1S/C15H18N4OS/c1-8-7-11(10(3)21-8)9(2)19-14-12(17-15(19)16)5-6-13(18-14)20-4/h5-7,9H,1-4H3,(H2,16,17). The highest BCUT2D eigenvalue weighted by Gasteiger charge is 2.19. The van der Waals surface area contributed by atoms with Crippen molar-refractivity contribution in [2.75, 3.05) is 12.8 Å². The normalized spacial score (nSPS) is 12.8. The maximum atomic E-state index is 6.11. The molecule has 0 radical (unpaired) electrons. The number of methoxy groups -OCH3 is 1. The van der Waals surface area contributed by atoms with Gasteiger partial charge in [-0.3, -0.25) is 4.57 Å². The van der Waals surface area contributed by atoms with Crippen LogP contribution in [-0.4, -0.2) is 21.6 Å². The summed E-state index contributed by atoms with van der Waals surface area (Å²) in [7, 11) is 1.61. The first-order valence-corrected chi connectivity index (χ1v) is 7.58. The largest absolute Gasteiger partial charge is 0.481 e. The van der Waals surface area contributed by atoms with E-state index in [1.807, 2.05) is 10.6 Å². The predicted molar refractivity (Wildman–Crippen MR) is 86.1 cm³/mol. The van der Waals surface area contributed by atoms with Gasteiger partial charge in [0.05, 0.1) is 13.2 Å². The van der Waals surface area contributed by atoms with E-state index in [9.17, 15) is 0 Å². The Labute approximate surface area is 127 Å². The number of hydrogen-bond acceptors (Lipinski definition) is 5. The molecule has 5 nitrogen and oxygen atoms in total. The average Bonchev–Trinajstić information content (AvgIpc) is 2.95. The first-order chi connectivity index (χ1) is 10.0. The zero-order valence-corrected chi connectivity index (χ0v) is 13.4. The van der Waals surface area contributed by atoms with Crippen LogP contribution in [0.5, 0.6) is 5.88 Å². The molecule has 0 aliphatic rings. The fraction of sp³-hybridized carbons (Fsp3) is 0.333. The van der Waals surface area contributed by atoms with Crippen LogP contribution in [0.1, 0.15) is 28.3 Å². The van der Waals surface area contributed by atoms with Gasteiger partial charge in [0.2, 0.25) is 11.8 Å². The second-order valence-corrected chi connectivity index (χ2v) is 6.54. The second-order valence-electron chi connectivity index (χ2n) is 5.08. The molecule has 3 rings (SSSR count). The zero-order valence-electron chi connectivity index (χ0n) is 12.5. The average molecular weight is 302 g/mol. The third kappa shape index (κ3) is 2.25. The highest BCUT2D eigenvalue weighted by Crippen LogP contribution is 2.32. The summed E-state index contributed by atoms with van der Waals surface area (Å²) in [5.74, 6) is 1.04. The van der Waals surface area contributed by atoms with Crippen molar-refractivity contribution >= 4 is 28.4 Å². The van der Waals surface area contributed by atoms with Crippen molar-refractivity contribution in [2.45, 2.75) is 26.8 Å². The molecule has 0 amide bonds. The minimum atomic E-state index is 0.0829. The number of hydrogen-bond donors (Lipinski definition) is 1. The summed E-state index contributed by atoms with van der Waals surface area (Å²) >= 11 is 1.79. The number of nitrogens with two attached hydrogens (primary N) is 1. The number of anilines is 1. The Morgan fingerprint density at radius 1 is 1.29 bits per heavy atom. The lowest BCUT2D eigenvalue weighted by Crippen LogP contribution is -2.11. The number of pyridine rings is 1. The highest BCUT2D eigenvalue weighted by atomic mass is 32.1. The van der Waals surface area contributed by atoms with Crippen LogP contribution >= 0.6 is 11.3 Å². The Balaban J connectivity index is 2.18. The third-order valence-corrected chi connectivity index (χ3v) is 4.65. The van der Waals surface area contributed by atoms with Gasteiger partial charge in [-0.15, -0.1) is 11.3 Å². The molecule has 0 spiro atoms. The molecule has 0 aliphatic carbocycles. The van der Waals surface area contributed by atoms with E-state index in [2.05, 4.69) is 36.8 Å². The number of aromatic nitrogens is 3. The number of aryl methyl sites for hydroxylation is 2. The van der Waals surface area contributed by atoms with Crippen LogP contribution in [0.2, 0.25) is 0 Å². The Kier molecular flexibility index (Phi) is 3.33. The predicted octanol–water partition coefficient (Wildman–Crippen LogP) is 3.31. The molecule has 21 heavy (non-hydrogen) atoms. The summed E-state index contributed by atoms with van der Waals surface area (Å²) < 4.78 is 7.17. The van der Waals surface area contributed by atoms with Gasteiger partial charge in [-0.25, -0.2) is 4.98 Å². The Morgan fingerprint density at radius 3 is 2.67 bits per heavy atom. The van der Waals surface area contributed by atoms with Crippen LogP contribution in [0, 0.1) is 13.8 Å². The van der Waals surface area contributed by atoms with Crippen molar-refractivity contribution in [3.05, 3.63) is 33.5 Å². The topological polar surface area (TPSA) is 66.0 Å². The molecule has 0 aliphatic heterocycles. The van der Waals surface area contributed by atoms with Crippen molar-refractivity contribution in [1.82, 2.24) is 14.5 Å². The molecule has 0 saturated heterocycles. The lowest BCUT2D eigenvalue weighted by atomic mass is 10.1. The van der Waals surface area contributed by atoms with Gasteiger partial charge in [0.25, 0.3) is 0 Å². The van der Waals surface area contributed by atoms with Crippen molar-refractivity contribution < 1.29 is 4.74 Å². The van der Waals surface area contributed by atoms with Gasteiger partial charge in [-0.1, -0.05) is 0 Å². The van der Waals surface area contributed by atoms with Gasteiger partial charge in [-0.2, -0.15) is 4.98 Å². The molecule has 110 valence electrons. The van der Waals surface area contributed by atoms with Gasteiger partial charge < -0.3 is 10.5 Å². The van der Waals surface area contributed by atoms with E-state index in [-0.39, 0.29) is 6.04 Å². The monoisotopic (exact) mass is 302 g/mol. The quantitative estimate of drug-likeness (QED) is 0.806. The summed E-state index contributed by atoms with van der Waals surface area (Å²) in [6, 6.07) is 5.96. The SMILES string of the molecule is COc1ccc2nc(N)n(C(C)c3cc(C)sc3C)c2n1. The smallest absolute Gasteiger partial charge is 0.215 e. The van der Waals surface area contributed by atoms with E-state index in [1.54, 1.807) is 24.5 Å². The molecule has 0 fully saturated rings. The lowest BCUT2D eigenvalue weighted by Gasteiger charge is -2.15. The van der Waals surface area contributed by atoms with E-state index in [0.717, 1.165) is 11.2 Å². The lowest BCUT2D eigenvalue weighted by molar-refractivity contribution is 0.399. The van der Waals surface area contributed by atoms with Crippen LogP contribution in [-0.2, 0) is 0 Å². The molecule has 0 saturated carbocycles. The highest BCUT2D eigenvalue weighted by molar-refractivity contribution is 7.12. The number of ether oxygens (including phenoxy) is 1. The first kappa shape index (κ1) is 13.9. The van der Waals surface area contributed by atoms with Crippen molar-refractivity contribution in [3.63, 3.8) is 0 Å². The van der Waals surface area contributed by atoms with E-state index in [1.165, 1.54) is 15.3 Å². The molecule has 0 bridgehead atoms. The van der Waals surface area contributed by atoms with Crippen LogP contribution in [0.4, 0.5) is 5.95 Å². The Hall–Kier alpha value is -2.08. The molecule has 2 N–H and O–H groups in total. The zero-order chi connectivity index (χ0) is 15.1. The van der Waals surface area contributed by atoms with Crippen molar-refractivity contribution in [3.8, 4) is 5.88 Å². The van der Waals surface area contributed by atoms with Gasteiger partial charge in [0.15, 0.2) is 5.65 Å². The number of thiophene rings is 1. The number of nitrogens with zero attached hydrogens (tertiary/aromatic N) is 3. The minimum Gasteiger partial charge on any atom is -0.481 e. The van der Waals surface area contributed by atoms with Crippen molar-refractivity contribution in [1.29, 1.82) is 0 Å². The van der Waals surface area contributed by atoms with E-state index >= 15 is 0 Å². The van der Waals surface area contributed by atoms with Crippen LogP contribution in [0.3, 0.4) is 0 Å². The van der Waals surface area contributed by atoms with Crippen LogP contribution in [0.25, 0.3) is 11.2 Å². The third-order valence-electron chi connectivity index (χ3n) is 3.66. The number of nitrogen functional groups attached to an aromatic ring is 1. The number of rotatable bonds is 3.